The van der Waals surface area contributed by atoms with Crippen LogP contribution in [-0.2, 0) is 24.1 Å². The molecule has 1 aliphatic carbocycles. The lowest BCUT2D eigenvalue weighted by Gasteiger charge is -2.20. The summed E-state index contributed by atoms with van der Waals surface area (Å²) in [6.45, 7) is 2.03. The predicted molar refractivity (Wildman–Crippen MR) is 108 cm³/mol. The Hall–Kier alpha value is -2.95. The number of aryl methyl sites for hydroxylation is 3. The van der Waals surface area contributed by atoms with Crippen LogP contribution in [0.2, 0.25) is 0 Å². The molecule has 4 rings (SSSR count). The predicted octanol–water partition coefficient (Wildman–Crippen LogP) is 4.43. The fourth-order valence-corrected chi connectivity index (χ4v) is 3.70. The highest BCUT2D eigenvalue weighted by Gasteiger charge is 2.15. The Morgan fingerprint density at radius 1 is 1.11 bits per heavy atom. The van der Waals surface area contributed by atoms with Crippen molar-refractivity contribution in [1.29, 1.82) is 0 Å². The molecule has 1 N–H and O–H groups in total. The van der Waals surface area contributed by atoms with E-state index in [0.717, 1.165) is 17.5 Å². The molecule has 5 nitrogen and oxygen atoms in total. The molecule has 1 aromatic heterocycles. The summed E-state index contributed by atoms with van der Waals surface area (Å²) in [5.74, 6) is 1.03. The van der Waals surface area contributed by atoms with E-state index in [1.807, 2.05) is 37.3 Å². The highest BCUT2D eigenvalue weighted by Crippen LogP contribution is 2.25. The van der Waals surface area contributed by atoms with Crippen LogP contribution < -0.4 is 5.32 Å². The Kier molecular flexibility index (Phi) is 5.51. The Morgan fingerprint density at radius 3 is 2.71 bits per heavy atom. The third-order valence-electron chi connectivity index (χ3n) is 5.32. The number of carbonyl (C=O) groups is 1. The van der Waals surface area contributed by atoms with Crippen LogP contribution >= 0.6 is 0 Å². The van der Waals surface area contributed by atoms with Crippen LogP contribution in [0.1, 0.15) is 54.8 Å². The van der Waals surface area contributed by atoms with E-state index in [-0.39, 0.29) is 11.9 Å². The molecular formula is C23H25N3O2. The van der Waals surface area contributed by atoms with Crippen molar-refractivity contribution in [2.75, 3.05) is 0 Å². The summed E-state index contributed by atoms with van der Waals surface area (Å²) < 4.78 is 5.28. The molecule has 1 heterocycles. The molecule has 0 spiro atoms. The minimum atomic E-state index is -0.0118. The number of nitrogens with one attached hydrogen (secondary N) is 1. The van der Waals surface area contributed by atoms with Gasteiger partial charge >= 0.3 is 0 Å². The van der Waals surface area contributed by atoms with Crippen LogP contribution in [0.25, 0.3) is 11.4 Å². The van der Waals surface area contributed by atoms with Gasteiger partial charge in [0.25, 0.3) is 0 Å². The van der Waals surface area contributed by atoms with Gasteiger partial charge in [-0.05, 0) is 49.3 Å². The van der Waals surface area contributed by atoms with Crippen LogP contribution in [0.5, 0.6) is 0 Å². The maximum Gasteiger partial charge on any atom is 0.227 e. The fraction of sp³-hybridized carbons (Fsp3) is 0.348. The van der Waals surface area contributed by atoms with E-state index in [1.165, 1.54) is 30.4 Å². The van der Waals surface area contributed by atoms with E-state index in [1.54, 1.807) is 0 Å². The van der Waals surface area contributed by atoms with E-state index >= 15 is 0 Å². The lowest BCUT2D eigenvalue weighted by Crippen LogP contribution is -2.27. The van der Waals surface area contributed by atoms with Gasteiger partial charge in [-0.1, -0.05) is 53.7 Å². The number of hydrogen-bond donors (Lipinski definition) is 1. The summed E-state index contributed by atoms with van der Waals surface area (Å²) in [6.07, 6.45) is 5.61. The average Bonchev–Trinajstić information content (AvgIpc) is 3.22. The smallest absolute Gasteiger partial charge is 0.227 e. The second-order valence-electron chi connectivity index (χ2n) is 7.40. The monoisotopic (exact) mass is 375 g/mol. The fourth-order valence-electron chi connectivity index (χ4n) is 3.70. The highest BCUT2D eigenvalue weighted by atomic mass is 16.5. The van der Waals surface area contributed by atoms with Gasteiger partial charge in [0.1, 0.15) is 0 Å². The van der Waals surface area contributed by atoms with Crippen LogP contribution in [0.4, 0.5) is 0 Å². The van der Waals surface area contributed by atoms with Gasteiger partial charge in [0.05, 0.1) is 6.04 Å². The Balaban J connectivity index is 1.31. The molecular weight excluding hydrogens is 350 g/mol. The molecule has 2 aromatic carbocycles. The first-order valence-electron chi connectivity index (χ1n) is 9.98. The summed E-state index contributed by atoms with van der Waals surface area (Å²) in [5.41, 5.74) is 4.96. The van der Waals surface area contributed by atoms with Crippen molar-refractivity contribution in [3.8, 4) is 11.4 Å². The highest BCUT2D eigenvalue weighted by molar-refractivity contribution is 5.76. The average molecular weight is 375 g/mol. The molecule has 3 aromatic rings. The van der Waals surface area contributed by atoms with Crippen molar-refractivity contribution in [3.63, 3.8) is 0 Å². The largest absolute Gasteiger partial charge is 0.350 e. The van der Waals surface area contributed by atoms with E-state index in [2.05, 4.69) is 33.7 Å². The quantitative estimate of drug-likeness (QED) is 0.692. The van der Waals surface area contributed by atoms with E-state index in [4.69, 9.17) is 4.52 Å². The van der Waals surface area contributed by atoms with Gasteiger partial charge in [0.2, 0.25) is 17.6 Å². The minimum absolute atomic E-state index is 0.00955. The Labute approximate surface area is 165 Å². The van der Waals surface area contributed by atoms with Crippen LogP contribution in [0.15, 0.2) is 53.1 Å². The summed E-state index contributed by atoms with van der Waals surface area (Å²) in [6, 6.07) is 16.3. The number of amides is 1. The molecule has 1 aliphatic rings. The first kappa shape index (κ1) is 18.4. The zero-order valence-electron chi connectivity index (χ0n) is 16.1. The first-order valence-corrected chi connectivity index (χ1v) is 9.98. The van der Waals surface area contributed by atoms with Gasteiger partial charge in [-0.15, -0.1) is 0 Å². The third kappa shape index (κ3) is 4.30. The van der Waals surface area contributed by atoms with Crippen molar-refractivity contribution in [3.05, 3.63) is 71.1 Å². The summed E-state index contributed by atoms with van der Waals surface area (Å²) >= 11 is 0. The minimum Gasteiger partial charge on any atom is -0.350 e. The Morgan fingerprint density at radius 2 is 1.89 bits per heavy atom. The molecule has 0 saturated carbocycles. The van der Waals surface area contributed by atoms with Gasteiger partial charge in [0, 0.05) is 18.4 Å². The van der Waals surface area contributed by atoms with Crippen LogP contribution in [0.3, 0.4) is 0 Å². The zero-order chi connectivity index (χ0) is 19.3. The third-order valence-corrected chi connectivity index (χ3v) is 5.32. The van der Waals surface area contributed by atoms with Crippen molar-refractivity contribution in [2.24, 2.45) is 0 Å². The number of rotatable bonds is 6. The summed E-state index contributed by atoms with van der Waals surface area (Å²) in [7, 11) is 0. The number of fused-ring (bicyclic) bond motifs is 1. The van der Waals surface area contributed by atoms with Gasteiger partial charge in [-0.2, -0.15) is 4.98 Å². The SMILES string of the molecule is C[C@H](NC(=O)CCc1nc(-c2ccccc2)no1)c1ccc2c(c1)CCCC2. The van der Waals surface area contributed by atoms with Crippen LogP contribution in [-0.4, -0.2) is 16.0 Å². The number of nitrogens with zero attached hydrogens (tertiary/aromatic N) is 2. The van der Waals surface area contributed by atoms with Gasteiger partial charge in [-0.25, -0.2) is 0 Å². The first-order chi connectivity index (χ1) is 13.7. The number of benzene rings is 2. The number of aromatic nitrogens is 2. The van der Waals surface area contributed by atoms with Crippen molar-refractivity contribution in [2.45, 2.75) is 51.5 Å². The second-order valence-corrected chi connectivity index (χ2v) is 7.40. The summed E-state index contributed by atoms with van der Waals surface area (Å²) in [5, 5.41) is 7.08. The van der Waals surface area contributed by atoms with Crippen molar-refractivity contribution >= 4 is 5.91 Å². The van der Waals surface area contributed by atoms with Crippen molar-refractivity contribution < 1.29 is 9.32 Å². The molecule has 0 unspecified atom stereocenters. The molecule has 28 heavy (non-hydrogen) atoms. The lowest BCUT2D eigenvalue weighted by atomic mass is 9.89. The molecule has 0 aliphatic heterocycles. The maximum atomic E-state index is 12.4. The second kappa shape index (κ2) is 8.38. The standard InChI is InChI=1S/C23H25N3O2/c1-16(19-12-11-17-7-5-6-10-20(17)15-19)24-21(27)13-14-22-25-23(26-28-22)18-8-3-2-4-9-18/h2-4,8-9,11-12,15-16H,5-7,10,13-14H2,1H3,(H,24,27)/t16-/m0/s1. The topological polar surface area (TPSA) is 68.0 Å². The summed E-state index contributed by atoms with van der Waals surface area (Å²) in [4.78, 5) is 16.7. The normalized spacial score (nSPS) is 14.3. The molecule has 5 heteroatoms. The van der Waals surface area contributed by atoms with Gasteiger partial charge in [0.15, 0.2) is 0 Å². The molecule has 1 atom stereocenters. The lowest BCUT2D eigenvalue weighted by molar-refractivity contribution is -0.121. The maximum absolute atomic E-state index is 12.4. The molecule has 144 valence electrons. The van der Waals surface area contributed by atoms with Crippen LogP contribution in [0, 0.1) is 0 Å². The van der Waals surface area contributed by atoms with Gasteiger partial charge < -0.3 is 9.84 Å². The molecule has 0 bridgehead atoms. The van der Waals surface area contributed by atoms with E-state index in [0.29, 0.717) is 24.6 Å². The van der Waals surface area contributed by atoms with Gasteiger partial charge in [-0.3, -0.25) is 4.79 Å². The number of carbonyl (C=O) groups excluding carboxylic acids is 1. The van der Waals surface area contributed by atoms with Crippen molar-refractivity contribution in [1.82, 2.24) is 15.5 Å². The van der Waals surface area contributed by atoms with E-state index in [9.17, 15) is 4.79 Å². The molecule has 0 radical (unpaired) electrons. The number of hydrogen-bond acceptors (Lipinski definition) is 4. The molecule has 0 saturated heterocycles. The van der Waals surface area contributed by atoms with E-state index < -0.39 is 0 Å². The molecule has 1 amide bonds. The Bertz CT molecular complexity index is 949. The zero-order valence-corrected chi connectivity index (χ0v) is 16.1. The molecule has 0 fully saturated rings.